The minimum atomic E-state index is -0.815. The van der Waals surface area contributed by atoms with Gasteiger partial charge in [-0.05, 0) is 77.0 Å². The molecule has 0 spiro atoms. The summed E-state index contributed by atoms with van der Waals surface area (Å²) in [6.07, 6.45) is 70.5. The van der Waals surface area contributed by atoms with Gasteiger partial charge in [-0.1, -0.05) is 254 Å². The summed E-state index contributed by atoms with van der Waals surface area (Å²) < 4.78 is 16.8. The van der Waals surface area contributed by atoms with Gasteiger partial charge in [0.25, 0.3) is 0 Å². The first kappa shape index (κ1) is 63.8. The van der Waals surface area contributed by atoms with Crippen LogP contribution in [-0.4, -0.2) is 37.2 Å². The molecule has 0 N–H and O–H groups in total. The van der Waals surface area contributed by atoms with Gasteiger partial charge in [-0.15, -0.1) is 0 Å². The lowest BCUT2D eigenvalue weighted by Gasteiger charge is -2.18. The molecule has 0 aliphatic carbocycles. The highest BCUT2D eigenvalue weighted by Gasteiger charge is 2.19. The number of esters is 3. The van der Waals surface area contributed by atoms with Gasteiger partial charge in [0.05, 0.1) is 0 Å². The quantitative estimate of drug-likeness (QED) is 0.0262. The summed E-state index contributed by atoms with van der Waals surface area (Å²) in [5.41, 5.74) is 0. The Kier molecular flexibility index (Phi) is 52.8. The normalized spacial score (nSPS) is 12.6. The van der Waals surface area contributed by atoms with Crippen molar-refractivity contribution < 1.29 is 28.6 Å². The predicted octanol–water partition coefficient (Wildman–Crippen LogP) is 19.0. The SMILES string of the molecule is CC/C=C\C/C=C\C/C=C\C/C=C\C/C=C\CCC(=O)OC(COC(=O)CCCCCCCCC/C=C\CCCCCCCCCC)COC(=O)CCCCCCCCCCCCCCCC. The Bertz CT molecular complexity index is 1260. The Morgan fingerprint density at radius 3 is 0.970 bits per heavy atom. The standard InChI is InChI=1S/C61H106O6/c1-4-7-10-13-16-19-22-25-28-30-31-32-34-36-39-42-45-48-51-54-60(63)66-57-58(56-65-59(62)53-50-47-44-41-38-35-27-24-21-18-15-12-9-6-3)67-61(64)55-52-49-46-43-40-37-33-29-26-23-20-17-14-11-8-5-2/h8,11,17,20,26,29-31,37,40,46,49,58H,4-7,9-10,12-16,18-19,21-25,27-28,32-36,38-39,41-45,47-48,50-57H2,1-3H3/b11-8-,20-17-,29-26-,31-30-,40-37-,49-46-. The van der Waals surface area contributed by atoms with Gasteiger partial charge in [-0.3, -0.25) is 14.4 Å². The molecule has 0 fully saturated rings. The third-order valence-corrected chi connectivity index (χ3v) is 12.2. The summed E-state index contributed by atoms with van der Waals surface area (Å²) in [6.45, 7) is 6.48. The second-order valence-electron chi connectivity index (χ2n) is 18.8. The molecule has 0 aromatic rings. The van der Waals surface area contributed by atoms with Crippen molar-refractivity contribution >= 4 is 17.9 Å². The molecule has 0 aliphatic heterocycles. The third kappa shape index (κ3) is 53.7. The van der Waals surface area contributed by atoms with Crippen molar-refractivity contribution in [3.8, 4) is 0 Å². The van der Waals surface area contributed by atoms with Gasteiger partial charge in [0.15, 0.2) is 6.10 Å². The van der Waals surface area contributed by atoms with Crippen molar-refractivity contribution in [2.75, 3.05) is 13.2 Å². The van der Waals surface area contributed by atoms with Gasteiger partial charge in [0.1, 0.15) is 13.2 Å². The van der Waals surface area contributed by atoms with E-state index < -0.39 is 6.10 Å². The number of hydrogen-bond acceptors (Lipinski definition) is 6. The van der Waals surface area contributed by atoms with Crippen molar-refractivity contribution in [3.05, 3.63) is 72.9 Å². The maximum atomic E-state index is 12.8. The molecule has 0 amide bonds. The van der Waals surface area contributed by atoms with Crippen LogP contribution in [0.2, 0.25) is 0 Å². The average Bonchev–Trinajstić information content (AvgIpc) is 3.33. The molecule has 1 atom stereocenters. The van der Waals surface area contributed by atoms with Crippen molar-refractivity contribution in [3.63, 3.8) is 0 Å². The smallest absolute Gasteiger partial charge is 0.306 e. The fourth-order valence-electron chi connectivity index (χ4n) is 7.96. The molecule has 6 nitrogen and oxygen atoms in total. The highest BCUT2D eigenvalue weighted by molar-refractivity contribution is 5.71. The van der Waals surface area contributed by atoms with E-state index in [-0.39, 0.29) is 37.5 Å². The van der Waals surface area contributed by atoms with E-state index in [1.54, 1.807) is 0 Å². The van der Waals surface area contributed by atoms with E-state index >= 15 is 0 Å². The lowest BCUT2D eigenvalue weighted by atomic mass is 10.0. The third-order valence-electron chi connectivity index (χ3n) is 12.2. The van der Waals surface area contributed by atoms with E-state index in [9.17, 15) is 14.4 Å². The van der Waals surface area contributed by atoms with Crippen molar-refractivity contribution in [2.45, 2.75) is 284 Å². The van der Waals surface area contributed by atoms with Gasteiger partial charge in [-0.25, -0.2) is 0 Å². The topological polar surface area (TPSA) is 78.9 Å². The van der Waals surface area contributed by atoms with E-state index in [0.29, 0.717) is 19.3 Å². The van der Waals surface area contributed by atoms with Crippen molar-refractivity contribution in [1.29, 1.82) is 0 Å². The lowest BCUT2D eigenvalue weighted by Crippen LogP contribution is -2.30. The first-order valence-electron chi connectivity index (χ1n) is 28.4. The van der Waals surface area contributed by atoms with E-state index in [0.717, 1.165) is 70.6 Å². The summed E-state index contributed by atoms with van der Waals surface area (Å²) in [4.78, 5) is 38.1. The van der Waals surface area contributed by atoms with Gasteiger partial charge in [-0.2, -0.15) is 0 Å². The number of unbranched alkanes of at least 4 members (excludes halogenated alkanes) is 28. The number of carbonyl (C=O) groups is 3. The van der Waals surface area contributed by atoms with Crippen molar-refractivity contribution in [1.82, 2.24) is 0 Å². The van der Waals surface area contributed by atoms with E-state index in [1.807, 2.05) is 6.08 Å². The zero-order chi connectivity index (χ0) is 48.6. The van der Waals surface area contributed by atoms with Crippen LogP contribution < -0.4 is 0 Å². The van der Waals surface area contributed by atoms with Gasteiger partial charge < -0.3 is 14.2 Å². The number of carbonyl (C=O) groups excluding carboxylic acids is 3. The molecule has 6 heteroatoms. The zero-order valence-corrected chi connectivity index (χ0v) is 44.2. The Morgan fingerprint density at radius 1 is 0.313 bits per heavy atom. The number of allylic oxidation sites excluding steroid dienone is 12. The fraction of sp³-hybridized carbons (Fsp3) is 0.754. The van der Waals surface area contributed by atoms with Gasteiger partial charge in [0.2, 0.25) is 0 Å². The van der Waals surface area contributed by atoms with Crippen LogP contribution in [-0.2, 0) is 28.6 Å². The van der Waals surface area contributed by atoms with Crippen LogP contribution in [0.4, 0.5) is 0 Å². The first-order valence-corrected chi connectivity index (χ1v) is 28.4. The van der Waals surface area contributed by atoms with E-state index in [2.05, 4.69) is 87.6 Å². The lowest BCUT2D eigenvalue weighted by molar-refractivity contribution is -0.166. The molecule has 0 aliphatic rings. The molecule has 0 aromatic carbocycles. The highest BCUT2D eigenvalue weighted by atomic mass is 16.6. The average molecular weight is 936 g/mol. The van der Waals surface area contributed by atoms with Gasteiger partial charge in [0, 0.05) is 19.3 Å². The molecule has 0 bridgehead atoms. The summed E-state index contributed by atoms with van der Waals surface area (Å²) in [5.74, 6) is -0.984. The second kappa shape index (κ2) is 55.4. The molecule has 386 valence electrons. The molecule has 0 heterocycles. The Hall–Kier alpha value is -3.15. The van der Waals surface area contributed by atoms with E-state index in [4.69, 9.17) is 14.2 Å². The molecule has 67 heavy (non-hydrogen) atoms. The molecule has 0 radical (unpaired) electrons. The molecule has 0 saturated carbocycles. The number of hydrogen-bond donors (Lipinski definition) is 0. The molecule has 0 saturated heterocycles. The maximum Gasteiger partial charge on any atom is 0.306 e. The van der Waals surface area contributed by atoms with E-state index in [1.165, 1.54) is 161 Å². The minimum absolute atomic E-state index is 0.104. The molecule has 0 rings (SSSR count). The Labute approximate surface area is 414 Å². The Morgan fingerprint density at radius 2 is 0.612 bits per heavy atom. The second-order valence-corrected chi connectivity index (χ2v) is 18.8. The molecule has 1 unspecified atom stereocenters. The maximum absolute atomic E-state index is 12.8. The van der Waals surface area contributed by atoms with Crippen LogP contribution in [0.15, 0.2) is 72.9 Å². The largest absolute Gasteiger partial charge is 0.462 e. The molecular formula is C61H106O6. The van der Waals surface area contributed by atoms with Gasteiger partial charge >= 0.3 is 17.9 Å². The monoisotopic (exact) mass is 935 g/mol. The highest BCUT2D eigenvalue weighted by Crippen LogP contribution is 2.15. The summed E-state index contributed by atoms with van der Waals surface area (Å²) >= 11 is 0. The van der Waals surface area contributed by atoms with Crippen LogP contribution in [0.1, 0.15) is 278 Å². The molecular weight excluding hydrogens is 829 g/mol. The van der Waals surface area contributed by atoms with Crippen LogP contribution in [0.25, 0.3) is 0 Å². The van der Waals surface area contributed by atoms with Crippen LogP contribution in [0.5, 0.6) is 0 Å². The zero-order valence-electron chi connectivity index (χ0n) is 44.2. The van der Waals surface area contributed by atoms with Crippen LogP contribution >= 0.6 is 0 Å². The summed E-state index contributed by atoms with van der Waals surface area (Å²) in [7, 11) is 0. The predicted molar refractivity (Wildman–Crippen MR) is 288 cm³/mol. The summed E-state index contributed by atoms with van der Waals surface area (Å²) in [5, 5.41) is 0. The molecule has 0 aromatic heterocycles. The van der Waals surface area contributed by atoms with Crippen molar-refractivity contribution in [2.24, 2.45) is 0 Å². The van der Waals surface area contributed by atoms with Crippen LogP contribution in [0.3, 0.4) is 0 Å². The minimum Gasteiger partial charge on any atom is -0.462 e. The summed E-state index contributed by atoms with van der Waals surface area (Å²) in [6, 6.07) is 0. The first-order chi connectivity index (χ1) is 33.0. The Balaban J connectivity index is 4.45. The fourth-order valence-corrected chi connectivity index (χ4v) is 7.96. The van der Waals surface area contributed by atoms with Crippen LogP contribution in [0, 0.1) is 0 Å². The number of rotatable bonds is 51. The number of ether oxygens (including phenoxy) is 3.